The lowest BCUT2D eigenvalue weighted by Crippen LogP contribution is -2.14. The van der Waals surface area contributed by atoms with Crippen LogP contribution in [0.15, 0.2) is 47.1 Å². The normalized spacial score (nSPS) is 29.4. The van der Waals surface area contributed by atoms with Crippen molar-refractivity contribution in [3.8, 4) is 0 Å². The van der Waals surface area contributed by atoms with E-state index < -0.39 is 0 Å². The Balaban J connectivity index is 2.18. The highest BCUT2D eigenvalue weighted by Gasteiger charge is 2.30. The average Bonchev–Trinajstić information content (AvgIpc) is 2.70. The standard InChI is InChI=1S/C11H8O2/c12-9-3-1-7-2-4-10-8(11(7)9)5-6-13-10/h1-5,10H,6H2. The maximum atomic E-state index is 11.5. The summed E-state index contributed by atoms with van der Waals surface area (Å²) in [7, 11) is 0. The third-order valence-corrected chi connectivity index (χ3v) is 2.57. The van der Waals surface area contributed by atoms with Gasteiger partial charge >= 0.3 is 0 Å². The lowest BCUT2D eigenvalue weighted by molar-refractivity contribution is -0.111. The van der Waals surface area contributed by atoms with Gasteiger partial charge < -0.3 is 4.74 Å². The molecule has 0 amide bonds. The maximum Gasteiger partial charge on any atom is 0.186 e. The van der Waals surface area contributed by atoms with Crippen molar-refractivity contribution >= 4 is 5.78 Å². The van der Waals surface area contributed by atoms with E-state index in [0.29, 0.717) is 6.61 Å². The molecule has 0 N–H and O–H groups in total. The fourth-order valence-corrected chi connectivity index (χ4v) is 1.96. The highest BCUT2D eigenvalue weighted by atomic mass is 16.5. The molecule has 1 atom stereocenters. The van der Waals surface area contributed by atoms with Gasteiger partial charge in [0, 0.05) is 5.57 Å². The molecule has 3 aliphatic rings. The number of rotatable bonds is 0. The van der Waals surface area contributed by atoms with Crippen LogP contribution in [0.4, 0.5) is 0 Å². The molecular formula is C11H8O2. The van der Waals surface area contributed by atoms with E-state index in [2.05, 4.69) is 0 Å². The molecule has 13 heavy (non-hydrogen) atoms. The van der Waals surface area contributed by atoms with Crippen LogP contribution in [0.25, 0.3) is 0 Å². The predicted molar refractivity (Wildman–Crippen MR) is 48.1 cm³/mol. The highest BCUT2D eigenvalue weighted by molar-refractivity contribution is 6.12. The molecule has 64 valence electrons. The minimum atomic E-state index is 0.0163. The molecular weight excluding hydrogens is 164 g/mol. The number of fused-ring (bicyclic) bond motifs is 2. The molecule has 1 aliphatic heterocycles. The second kappa shape index (κ2) is 2.30. The zero-order chi connectivity index (χ0) is 8.84. The van der Waals surface area contributed by atoms with Crippen LogP contribution < -0.4 is 0 Å². The Morgan fingerprint density at radius 1 is 1.31 bits per heavy atom. The summed E-state index contributed by atoms with van der Waals surface area (Å²) in [5.74, 6) is 0.112. The van der Waals surface area contributed by atoms with Crippen molar-refractivity contribution in [3.63, 3.8) is 0 Å². The van der Waals surface area contributed by atoms with Gasteiger partial charge in [-0.3, -0.25) is 4.79 Å². The average molecular weight is 172 g/mol. The molecule has 0 saturated carbocycles. The van der Waals surface area contributed by atoms with Crippen LogP contribution in [-0.4, -0.2) is 18.5 Å². The largest absolute Gasteiger partial charge is 0.365 e. The van der Waals surface area contributed by atoms with E-state index >= 15 is 0 Å². The van der Waals surface area contributed by atoms with Crippen molar-refractivity contribution in [2.45, 2.75) is 6.10 Å². The van der Waals surface area contributed by atoms with E-state index in [4.69, 9.17) is 4.74 Å². The third kappa shape index (κ3) is 0.835. The van der Waals surface area contributed by atoms with E-state index in [1.165, 1.54) is 0 Å². The van der Waals surface area contributed by atoms with E-state index in [1.54, 1.807) is 6.08 Å². The summed E-state index contributed by atoms with van der Waals surface area (Å²) in [5.41, 5.74) is 2.91. The number of carbonyl (C=O) groups excluding carboxylic acids is 1. The van der Waals surface area contributed by atoms with Gasteiger partial charge in [-0.1, -0.05) is 24.3 Å². The Labute approximate surface area is 75.9 Å². The van der Waals surface area contributed by atoms with Gasteiger partial charge in [0.1, 0.15) is 6.10 Å². The first kappa shape index (κ1) is 7.04. The van der Waals surface area contributed by atoms with E-state index in [-0.39, 0.29) is 11.9 Å². The topological polar surface area (TPSA) is 26.3 Å². The van der Waals surface area contributed by atoms with Crippen LogP contribution in [-0.2, 0) is 9.53 Å². The molecule has 0 spiro atoms. The number of ether oxygens (including phenoxy) is 1. The van der Waals surface area contributed by atoms with Crippen molar-refractivity contribution in [3.05, 3.63) is 47.1 Å². The molecule has 0 fully saturated rings. The number of hydrogen-bond acceptors (Lipinski definition) is 2. The van der Waals surface area contributed by atoms with Crippen LogP contribution in [0.1, 0.15) is 0 Å². The Morgan fingerprint density at radius 2 is 2.23 bits per heavy atom. The molecule has 2 heteroatoms. The zero-order valence-corrected chi connectivity index (χ0v) is 6.99. The van der Waals surface area contributed by atoms with Gasteiger partial charge in [-0.15, -0.1) is 0 Å². The maximum absolute atomic E-state index is 11.5. The van der Waals surface area contributed by atoms with Crippen LogP contribution in [0, 0.1) is 0 Å². The Kier molecular flexibility index (Phi) is 1.24. The van der Waals surface area contributed by atoms with Crippen molar-refractivity contribution in [2.75, 3.05) is 6.61 Å². The van der Waals surface area contributed by atoms with Gasteiger partial charge in [-0.25, -0.2) is 0 Å². The summed E-state index contributed by atoms with van der Waals surface area (Å²) in [6.45, 7) is 0.619. The van der Waals surface area contributed by atoms with Gasteiger partial charge in [0.15, 0.2) is 5.78 Å². The van der Waals surface area contributed by atoms with Gasteiger partial charge in [0.25, 0.3) is 0 Å². The number of carbonyl (C=O) groups is 1. The first-order valence-corrected chi connectivity index (χ1v) is 4.33. The van der Waals surface area contributed by atoms with Gasteiger partial charge in [-0.05, 0) is 17.2 Å². The van der Waals surface area contributed by atoms with Crippen LogP contribution in [0.2, 0.25) is 0 Å². The molecule has 0 aromatic rings. The zero-order valence-electron chi connectivity index (χ0n) is 6.99. The SMILES string of the molecule is O=C1C=CC2=C1C1=CCOC1C=C2. The molecule has 0 aromatic carbocycles. The van der Waals surface area contributed by atoms with Gasteiger partial charge in [0.05, 0.1) is 6.61 Å². The minimum absolute atomic E-state index is 0.0163. The summed E-state index contributed by atoms with van der Waals surface area (Å²) in [6, 6.07) is 0. The van der Waals surface area contributed by atoms with Crippen molar-refractivity contribution in [1.82, 2.24) is 0 Å². The number of allylic oxidation sites excluding steroid dienone is 4. The molecule has 3 rings (SSSR count). The second-order valence-electron chi connectivity index (χ2n) is 3.30. The lowest BCUT2D eigenvalue weighted by atomic mass is 9.92. The van der Waals surface area contributed by atoms with Crippen molar-refractivity contribution < 1.29 is 9.53 Å². The summed E-state index contributed by atoms with van der Waals surface area (Å²) < 4.78 is 5.42. The Hall–Kier alpha value is -1.41. The summed E-state index contributed by atoms with van der Waals surface area (Å²) in [6.07, 6.45) is 9.46. The minimum Gasteiger partial charge on any atom is -0.365 e. The van der Waals surface area contributed by atoms with Crippen molar-refractivity contribution in [1.29, 1.82) is 0 Å². The van der Waals surface area contributed by atoms with E-state index in [9.17, 15) is 4.79 Å². The summed E-state index contributed by atoms with van der Waals surface area (Å²) in [4.78, 5) is 11.5. The predicted octanol–water partition coefficient (Wildman–Crippen LogP) is 1.32. The first-order valence-electron chi connectivity index (χ1n) is 4.33. The second-order valence-corrected chi connectivity index (χ2v) is 3.30. The highest BCUT2D eigenvalue weighted by Crippen LogP contribution is 2.34. The van der Waals surface area contributed by atoms with Crippen LogP contribution in [0.3, 0.4) is 0 Å². The fraction of sp³-hybridized carbons (Fsp3) is 0.182. The quantitative estimate of drug-likeness (QED) is 0.550. The summed E-state index contributed by atoms with van der Waals surface area (Å²) >= 11 is 0. The van der Waals surface area contributed by atoms with Crippen molar-refractivity contribution in [2.24, 2.45) is 0 Å². The smallest absolute Gasteiger partial charge is 0.186 e. The molecule has 2 aliphatic carbocycles. The Morgan fingerprint density at radius 3 is 3.15 bits per heavy atom. The number of ketones is 1. The first-order chi connectivity index (χ1) is 6.36. The van der Waals surface area contributed by atoms with Gasteiger partial charge in [0.2, 0.25) is 0 Å². The van der Waals surface area contributed by atoms with Gasteiger partial charge in [-0.2, -0.15) is 0 Å². The summed E-state index contributed by atoms with van der Waals surface area (Å²) in [5, 5.41) is 0. The molecule has 1 unspecified atom stereocenters. The molecule has 0 aromatic heterocycles. The van der Waals surface area contributed by atoms with Crippen LogP contribution in [0.5, 0.6) is 0 Å². The monoisotopic (exact) mass is 172 g/mol. The molecule has 1 heterocycles. The number of hydrogen-bond donors (Lipinski definition) is 0. The molecule has 2 nitrogen and oxygen atoms in total. The molecule has 0 bridgehead atoms. The van der Waals surface area contributed by atoms with Crippen LogP contribution >= 0.6 is 0 Å². The molecule has 0 saturated heterocycles. The van der Waals surface area contributed by atoms with E-state index in [0.717, 1.165) is 16.7 Å². The Bertz CT molecular complexity index is 408. The van der Waals surface area contributed by atoms with E-state index in [1.807, 2.05) is 24.3 Å². The fourth-order valence-electron chi connectivity index (χ4n) is 1.96. The third-order valence-electron chi connectivity index (χ3n) is 2.57. The molecule has 0 radical (unpaired) electrons. The lowest BCUT2D eigenvalue weighted by Gasteiger charge is -2.16.